The van der Waals surface area contributed by atoms with E-state index in [1.165, 1.54) is 0 Å². The van der Waals surface area contributed by atoms with Crippen molar-refractivity contribution in [1.29, 1.82) is 0 Å². The van der Waals surface area contributed by atoms with Gasteiger partial charge in [-0.3, -0.25) is 9.78 Å². The number of carbonyl (C=O) groups excluding carboxylic acids is 1. The predicted molar refractivity (Wildman–Crippen MR) is 81.1 cm³/mol. The average molecular weight is 289 g/mol. The molecule has 2 unspecified atom stereocenters. The van der Waals surface area contributed by atoms with Gasteiger partial charge in [-0.05, 0) is 31.0 Å². The number of amides is 1. The maximum absolute atomic E-state index is 12.5. The SMILES string of the molecule is O=C(NC1CCCCC1Cl)c1cccc2ncccc12. The first-order valence-electron chi connectivity index (χ1n) is 7.04. The molecule has 0 radical (unpaired) electrons. The van der Waals surface area contributed by atoms with Crippen LogP contribution < -0.4 is 5.32 Å². The quantitative estimate of drug-likeness (QED) is 0.859. The van der Waals surface area contributed by atoms with Gasteiger partial charge in [-0.1, -0.05) is 25.0 Å². The molecule has 4 heteroatoms. The second-order valence-corrected chi connectivity index (χ2v) is 5.82. The highest BCUT2D eigenvalue weighted by molar-refractivity contribution is 6.21. The second kappa shape index (κ2) is 5.80. The fourth-order valence-corrected chi connectivity index (χ4v) is 3.14. The van der Waals surface area contributed by atoms with Gasteiger partial charge in [0.15, 0.2) is 0 Å². The van der Waals surface area contributed by atoms with Crippen LogP contribution in [0.3, 0.4) is 0 Å². The fourth-order valence-electron chi connectivity index (χ4n) is 2.80. The van der Waals surface area contributed by atoms with Crippen molar-refractivity contribution in [2.45, 2.75) is 37.1 Å². The first-order chi connectivity index (χ1) is 9.75. The Kier molecular flexibility index (Phi) is 3.88. The van der Waals surface area contributed by atoms with Gasteiger partial charge >= 0.3 is 0 Å². The van der Waals surface area contributed by atoms with Crippen molar-refractivity contribution < 1.29 is 4.79 Å². The molecule has 1 fully saturated rings. The third-order valence-corrected chi connectivity index (χ3v) is 4.41. The second-order valence-electron chi connectivity index (χ2n) is 5.26. The Hall–Kier alpha value is -1.61. The highest BCUT2D eigenvalue weighted by Gasteiger charge is 2.25. The molecule has 0 saturated heterocycles. The third kappa shape index (κ3) is 2.63. The number of pyridine rings is 1. The van der Waals surface area contributed by atoms with Crippen LogP contribution in [-0.2, 0) is 0 Å². The molecule has 1 amide bonds. The van der Waals surface area contributed by atoms with Gasteiger partial charge in [-0.2, -0.15) is 0 Å². The number of halogens is 1. The number of alkyl halides is 1. The molecule has 0 aliphatic heterocycles. The van der Waals surface area contributed by atoms with E-state index >= 15 is 0 Å². The van der Waals surface area contributed by atoms with Crippen LogP contribution in [0.4, 0.5) is 0 Å². The molecule has 0 bridgehead atoms. The van der Waals surface area contributed by atoms with Crippen LogP contribution in [-0.4, -0.2) is 22.3 Å². The van der Waals surface area contributed by atoms with Crippen molar-refractivity contribution in [3.8, 4) is 0 Å². The van der Waals surface area contributed by atoms with E-state index in [1.54, 1.807) is 6.20 Å². The molecule has 1 aliphatic rings. The molecule has 1 aromatic carbocycles. The number of benzene rings is 1. The number of fused-ring (bicyclic) bond motifs is 1. The van der Waals surface area contributed by atoms with Gasteiger partial charge in [0.2, 0.25) is 0 Å². The number of aromatic nitrogens is 1. The molecule has 0 spiro atoms. The molecule has 3 nitrogen and oxygen atoms in total. The molecule has 2 atom stereocenters. The zero-order valence-electron chi connectivity index (χ0n) is 11.2. The zero-order chi connectivity index (χ0) is 13.9. The van der Waals surface area contributed by atoms with E-state index in [0.717, 1.165) is 36.6 Å². The Morgan fingerprint density at radius 3 is 2.90 bits per heavy atom. The molecule has 1 aliphatic carbocycles. The lowest BCUT2D eigenvalue weighted by atomic mass is 9.94. The molecular formula is C16H17ClN2O. The summed E-state index contributed by atoms with van der Waals surface area (Å²) in [7, 11) is 0. The lowest BCUT2D eigenvalue weighted by Gasteiger charge is -2.28. The minimum atomic E-state index is -0.0545. The van der Waals surface area contributed by atoms with Crippen molar-refractivity contribution >= 4 is 28.4 Å². The molecule has 1 heterocycles. The van der Waals surface area contributed by atoms with Gasteiger partial charge in [0, 0.05) is 23.2 Å². The van der Waals surface area contributed by atoms with E-state index in [2.05, 4.69) is 10.3 Å². The highest BCUT2D eigenvalue weighted by Crippen LogP contribution is 2.24. The van der Waals surface area contributed by atoms with Gasteiger partial charge in [0.25, 0.3) is 5.91 Å². The molecular weight excluding hydrogens is 272 g/mol. The summed E-state index contributed by atoms with van der Waals surface area (Å²) in [6.45, 7) is 0. The van der Waals surface area contributed by atoms with Gasteiger partial charge in [-0.25, -0.2) is 0 Å². The van der Waals surface area contributed by atoms with Crippen LogP contribution in [0, 0.1) is 0 Å². The summed E-state index contributed by atoms with van der Waals surface area (Å²) in [5, 5.41) is 4.00. The Balaban J connectivity index is 1.85. The maximum Gasteiger partial charge on any atom is 0.252 e. The van der Waals surface area contributed by atoms with E-state index in [9.17, 15) is 4.79 Å². The summed E-state index contributed by atoms with van der Waals surface area (Å²) >= 11 is 6.31. The van der Waals surface area contributed by atoms with Gasteiger partial charge < -0.3 is 5.32 Å². The number of nitrogens with one attached hydrogen (secondary N) is 1. The van der Waals surface area contributed by atoms with Gasteiger partial charge in [0.05, 0.1) is 10.9 Å². The van der Waals surface area contributed by atoms with Crippen LogP contribution in [0.1, 0.15) is 36.0 Å². The Labute approximate surface area is 123 Å². The summed E-state index contributed by atoms with van der Waals surface area (Å²) in [6, 6.07) is 9.47. The maximum atomic E-state index is 12.5. The van der Waals surface area contributed by atoms with Crippen LogP contribution in [0.2, 0.25) is 0 Å². The van der Waals surface area contributed by atoms with Crippen molar-refractivity contribution in [3.63, 3.8) is 0 Å². The number of carbonyl (C=O) groups is 1. The summed E-state index contributed by atoms with van der Waals surface area (Å²) in [6.07, 6.45) is 5.95. The lowest BCUT2D eigenvalue weighted by Crippen LogP contribution is -2.42. The van der Waals surface area contributed by atoms with E-state index in [1.807, 2.05) is 30.3 Å². The Bertz CT molecular complexity index is 623. The number of rotatable bonds is 2. The third-order valence-electron chi connectivity index (χ3n) is 3.89. The molecule has 1 N–H and O–H groups in total. The first-order valence-corrected chi connectivity index (χ1v) is 7.48. The summed E-state index contributed by atoms with van der Waals surface area (Å²) < 4.78 is 0. The fraction of sp³-hybridized carbons (Fsp3) is 0.375. The first kappa shape index (κ1) is 13.4. The van der Waals surface area contributed by atoms with E-state index in [0.29, 0.717) is 5.56 Å². The smallest absolute Gasteiger partial charge is 0.252 e. The van der Waals surface area contributed by atoms with Crippen LogP contribution in [0.25, 0.3) is 10.9 Å². The van der Waals surface area contributed by atoms with Crippen molar-refractivity contribution in [2.75, 3.05) is 0 Å². The Morgan fingerprint density at radius 1 is 1.20 bits per heavy atom. The van der Waals surface area contributed by atoms with Crippen molar-refractivity contribution in [2.24, 2.45) is 0 Å². The molecule has 2 aromatic rings. The number of nitrogens with zero attached hydrogens (tertiary/aromatic N) is 1. The van der Waals surface area contributed by atoms with Crippen LogP contribution in [0.15, 0.2) is 36.5 Å². The average Bonchev–Trinajstić information content (AvgIpc) is 2.49. The molecule has 1 aromatic heterocycles. The topological polar surface area (TPSA) is 42.0 Å². The van der Waals surface area contributed by atoms with E-state index < -0.39 is 0 Å². The van der Waals surface area contributed by atoms with Gasteiger partial charge in [-0.15, -0.1) is 11.6 Å². The highest BCUT2D eigenvalue weighted by atomic mass is 35.5. The lowest BCUT2D eigenvalue weighted by molar-refractivity contribution is 0.0930. The monoisotopic (exact) mass is 288 g/mol. The molecule has 20 heavy (non-hydrogen) atoms. The summed E-state index contributed by atoms with van der Waals surface area (Å²) in [4.78, 5) is 16.8. The predicted octanol–water partition coefficient (Wildman–Crippen LogP) is 3.51. The standard InChI is InChI=1S/C16H17ClN2O/c17-13-7-1-2-8-15(13)19-16(20)12-5-3-9-14-11(12)6-4-10-18-14/h3-6,9-10,13,15H,1-2,7-8H2,(H,19,20). The largest absolute Gasteiger partial charge is 0.348 e. The minimum absolute atomic E-state index is 0.0424. The van der Waals surface area contributed by atoms with E-state index in [-0.39, 0.29) is 17.3 Å². The van der Waals surface area contributed by atoms with Crippen molar-refractivity contribution in [3.05, 3.63) is 42.1 Å². The minimum Gasteiger partial charge on any atom is -0.348 e. The van der Waals surface area contributed by atoms with Crippen molar-refractivity contribution in [1.82, 2.24) is 10.3 Å². The number of hydrogen-bond donors (Lipinski definition) is 1. The number of hydrogen-bond acceptors (Lipinski definition) is 2. The van der Waals surface area contributed by atoms with E-state index in [4.69, 9.17) is 11.6 Å². The van der Waals surface area contributed by atoms with Gasteiger partial charge in [0.1, 0.15) is 0 Å². The van der Waals surface area contributed by atoms with Crippen LogP contribution in [0.5, 0.6) is 0 Å². The van der Waals surface area contributed by atoms with Crippen LogP contribution >= 0.6 is 11.6 Å². The Morgan fingerprint density at radius 2 is 2.05 bits per heavy atom. The normalized spacial score (nSPS) is 22.6. The summed E-state index contributed by atoms with van der Waals surface area (Å²) in [5.41, 5.74) is 1.51. The summed E-state index contributed by atoms with van der Waals surface area (Å²) in [5.74, 6) is -0.0545. The molecule has 3 rings (SSSR count). The molecule has 104 valence electrons. The zero-order valence-corrected chi connectivity index (χ0v) is 11.9. The molecule has 1 saturated carbocycles.